The van der Waals surface area contributed by atoms with Crippen LogP contribution in [0, 0.1) is 0 Å². The number of halogens is 2. The summed E-state index contributed by atoms with van der Waals surface area (Å²) in [5, 5.41) is 26.2. The predicted molar refractivity (Wildman–Crippen MR) is 179 cm³/mol. The lowest BCUT2D eigenvalue weighted by Gasteiger charge is -2.10. The normalized spacial score (nSPS) is 13.1. The Morgan fingerprint density at radius 2 is 1.33 bits per heavy atom. The second-order valence-corrected chi connectivity index (χ2v) is 14.6. The highest BCUT2D eigenvalue weighted by Gasteiger charge is 2.26. The molecular formula is C28H22Br2N8O2S3. The lowest BCUT2D eigenvalue weighted by Crippen LogP contribution is -2.14. The second kappa shape index (κ2) is 12.2. The Morgan fingerprint density at radius 1 is 0.767 bits per heavy atom. The van der Waals surface area contributed by atoms with Gasteiger partial charge in [0.15, 0.2) is 16.0 Å². The minimum atomic E-state index is -0.149. The van der Waals surface area contributed by atoms with E-state index in [9.17, 15) is 9.59 Å². The van der Waals surface area contributed by atoms with Crippen LogP contribution in [0.4, 0.5) is 11.4 Å². The van der Waals surface area contributed by atoms with E-state index < -0.39 is 0 Å². The molecule has 15 heteroatoms. The minimum absolute atomic E-state index is 0.135. The van der Waals surface area contributed by atoms with Gasteiger partial charge in [0.1, 0.15) is 4.83 Å². The van der Waals surface area contributed by atoms with Crippen molar-refractivity contribution in [2.75, 3.05) is 22.1 Å². The highest BCUT2D eigenvalue weighted by Crippen LogP contribution is 2.40. The fourth-order valence-electron chi connectivity index (χ4n) is 5.04. The Kier molecular flexibility index (Phi) is 8.16. The summed E-state index contributed by atoms with van der Waals surface area (Å²) < 4.78 is 5.79. The number of anilines is 2. The van der Waals surface area contributed by atoms with Crippen molar-refractivity contribution in [3.63, 3.8) is 0 Å². The predicted octanol–water partition coefficient (Wildman–Crippen LogP) is 6.85. The van der Waals surface area contributed by atoms with Crippen molar-refractivity contribution < 1.29 is 9.59 Å². The first-order valence-corrected chi connectivity index (χ1v) is 17.7. The summed E-state index contributed by atoms with van der Waals surface area (Å²) in [6.45, 7) is 0. The average Bonchev–Trinajstić information content (AvgIpc) is 3.72. The largest absolute Gasteiger partial charge is 0.325 e. The van der Waals surface area contributed by atoms with E-state index in [1.807, 2.05) is 57.3 Å². The van der Waals surface area contributed by atoms with Gasteiger partial charge < -0.3 is 10.6 Å². The van der Waals surface area contributed by atoms with E-state index in [1.165, 1.54) is 34.0 Å². The second-order valence-electron chi connectivity index (χ2n) is 9.84. The smallest absolute Gasteiger partial charge is 0.245 e. The number of nitrogens with one attached hydrogen (secondary N) is 2. The molecule has 43 heavy (non-hydrogen) atoms. The fourth-order valence-corrected chi connectivity index (χ4v) is 8.47. The SMILES string of the molecule is O=C(CSc1nnc2c3c4c(sc3n3c(SCC(=O)Nc5ccc(Br)cc5)nnc3n12)CCCC4)Nc1ccc(Br)cc1. The Balaban J connectivity index is 1.21. The Labute approximate surface area is 274 Å². The number of nitrogens with zero attached hydrogens (tertiary/aromatic N) is 6. The lowest BCUT2D eigenvalue weighted by atomic mass is 9.97. The number of carbonyl (C=O) groups is 2. The van der Waals surface area contributed by atoms with Gasteiger partial charge in [0.05, 0.1) is 16.9 Å². The van der Waals surface area contributed by atoms with Gasteiger partial charge in [0.25, 0.3) is 0 Å². The molecule has 1 aliphatic rings. The zero-order chi connectivity index (χ0) is 29.5. The highest BCUT2D eigenvalue weighted by atomic mass is 79.9. The third-order valence-electron chi connectivity index (χ3n) is 6.95. The van der Waals surface area contributed by atoms with Gasteiger partial charge in [-0.25, -0.2) is 8.80 Å². The summed E-state index contributed by atoms with van der Waals surface area (Å²) in [6.07, 6.45) is 4.27. The molecule has 2 amide bonds. The molecule has 0 atom stereocenters. The first-order valence-electron chi connectivity index (χ1n) is 13.4. The van der Waals surface area contributed by atoms with E-state index in [0.717, 1.165) is 61.9 Å². The number of thioether (sulfide) groups is 2. The molecule has 0 fully saturated rings. The molecule has 218 valence electrons. The molecule has 7 rings (SSSR count). The van der Waals surface area contributed by atoms with E-state index in [-0.39, 0.29) is 23.3 Å². The van der Waals surface area contributed by atoms with Gasteiger partial charge in [0, 0.05) is 25.2 Å². The molecule has 2 N–H and O–H groups in total. The van der Waals surface area contributed by atoms with Gasteiger partial charge >= 0.3 is 0 Å². The van der Waals surface area contributed by atoms with Crippen molar-refractivity contribution in [1.29, 1.82) is 0 Å². The number of hydrogen-bond donors (Lipinski definition) is 2. The van der Waals surface area contributed by atoms with E-state index in [2.05, 4.69) is 62.9 Å². The quantitative estimate of drug-likeness (QED) is 0.162. The molecule has 1 aliphatic carbocycles. The van der Waals surface area contributed by atoms with Gasteiger partial charge in [-0.2, -0.15) is 0 Å². The molecule has 0 saturated heterocycles. The van der Waals surface area contributed by atoms with Crippen LogP contribution >= 0.6 is 66.7 Å². The highest BCUT2D eigenvalue weighted by molar-refractivity contribution is 9.10. The maximum atomic E-state index is 12.8. The number of carbonyl (C=O) groups excluding carboxylic acids is 2. The van der Waals surface area contributed by atoms with Crippen molar-refractivity contribution in [2.24, 2.45) is 0 Å². The molecule has 4 aromatic heterocycles. The molecule has 2 aromatic carbocycles. The molecule has 10 nitrogen and oxygen atoms in total. The van der Waals surface area contributed by atoms with Crippen molar-refractivity contribution in [3.05, 3.63) is 67.9 Å². The Morgan fingerprint density at radius 3 is 1.95 bits per heavy atom. The van der Waals surface area contributed by atoms with Crippen LogP contribution in [0.5, 0.6) is 0 Å². The molecule has 0 saturated carbocycles. The minimum Gasteiger partial charge on any atom is -0.325 e. The van der Waals surface area contributed by atoms with E-state index in [4.69, 9.17) is 0 Å². The van der Waals surface area contributed by atoms with Crippen LogP contribution in [-0.2, 0) is 22.4 Å². The van der Waals surface area contributed by atoms with Gasteiger partial charge in [-0.15, -0.1) is 31.7 Å². The summed E-state index contributed by atoms with van der Waals surface area (Å²) in [7, 11) is 0. The topological polar surface area (TPSA) is 119 Å². The average molecular weight is 759 g/mol. The van der Waals surface area contributed by atoms with Crippen LogP contribution in [-0.4, -0.2) is 52.5 Å². The third-order valence-corrected chi connectivity index (χ3v) is 11.1. The summed E-state index contributed by atoms with van der Waals surface area (Å²) >= 11 is 11.2. The standard InChI is InChI=1S/C28H22Br2N8O2S3/c29-15-5-9-17(10-6-15)31-21(39)13-41-27-35-33-24-23-19-3-1-2-4-20(19)43-25(23)38-26(37(24)27)34-36-28(38)42-14-22(40)32-18-11-7-16(30)8-12-18/h5-12H,1-4,13-14H2,(H,31,39)(H,32,40). The van der Waals surface area contributed by atoms with Crippen molar-refractivity contribution in [2.45, 2.75) is 36.0 Å². The van der Waals surface area contributed by atoms with Gasteiger partial charge in [0.2, 0.25) is 17.6 Å². The maximum Gasteiger partial charge on any atom is 0.245 e. The van der Waals surface area contributed by atoms with E-state index >= 15 is 0 Å². The molecular weight excluding hydrogens is 736 g/mol. The van der Waals surface area contributed by atoms with Crippen molar-refractivity contribution >= 4 is 112 Å². The number of amides is 2. The molecule has 0 spiro atoms. The summed E-state index contributed by atoms with van der Waals surface area (Å²) in [4.78, 5) is 27.9. The molecule has 6 aromatic rings. The van der Waals surface area contributed by atoms with Gasteiger partial charge in [-0.05, 0) is 79.8 Å². The zero-order valence-electron chi connectivity index (χ0n) is 22.3. The summed E-state index contributed by atoms with van der Waals surface area (Å²) in [5.74, 6) is 0.585. The zero-order valence-corrected chi connectivity index (χ0v) is 28.0. The van der Waals surface area contributed by atoms with Crippen LogP contribution in [0.15, 0.2) is 67.8 Å². The number of rotatable bonds is 8. The van der Waals surface area contributed by atoms with Crippen LogP contribution in [0.1, 0.15) is 23.3 Å². The number of benzene rings is 2. The summed E-state index contributed by atoms with van der Waals surface area (Å²) in [5.41, 5.74) is 3.46. The van der Waals surface area contributed by atoms with Crippen LogP contribution in [0.3, 0.4) is 0 Å². The number of hydrogen-bond acceptors (Lipinski definition) is 9. The number of aromatic nitrogens is 6. The molecule has 0 aliphatic heterocycles. The summed E-state index contributed by atoms with van der Waals surface area (Å²) in [6, 6.07) is 14.9. The van der Waals surface area contributed by atoms with Crippen molar-refractivity contribution in [1.82, 2.24) is 29.2 Å². The van der Waals surface area contributed by atoms with Gasteiger partial charge in [-0.1, -0.05) is 55.4 Å². The van der Waals surface area contributed by atoms with E-state index in [1.54, 1.807) is 11.3 Å². The number of aryl methyl sites for hydroxylation is 2. The Bertz CT molecular complexity index is 2000. The third kappa shape index (κ3) is 5.80. The first kappa shape index (κ1) is 28.8. The Hall–Kier alpha value is -2.98. The number of fused-ring (bicyclic) bond motifs is 8. The molecule has 0 radical (unpaired) electrons. The maximum absolute atomic E-state index is 12.8. The van der Waals surface area contributed by atoms with Crippen LogP contribution in [0.25, 0.3) is 21.6 Å². The lowest BCUT2D eigenvalue weighted by molar-refractivity contribution is -0.114. The molecule has 4 heterocycles. The van der Waals surface area contributed by atoms with Crippen molar-refractivity contribution in [3.8, 4) is 0 Å². The number of thiophene rings is 1. The first-order chi connectivity index (χ1) is 20.9. The van der Waals surface area contributed by atoms with E-state index in [0.29, 0.717) is 16.1 Å². The van der Waals surface area contributed by atoms with Gasteiger partial charge in [-0.3, -0.25) is 9.59 Å². The fraction of sp³-hybridized carbons (Fsp3) is 0.214. The van der Waals surface area contributed by atoms with Crippen LogP contribution < -0.4 is 10.6 Å². The molecule has 0 unspecified atom stereocenters. The monoisotopic (exact) mass is 756 g/mol. The molecule has 0 bridgehead atoms. The van der Waals surface area contributed by atoms with Crippen LogP contribution in [0.2, 0.25) is 0 Å².